The fourth-order valence-corrected chi connectivity index (χ4v) is 1.61. The van der Waals surface area contributed by atoms with Crippen LogP contribution in [0.1, 0.15) is 0 Å². The number of nitrogens with zero attached hydrogens (tertiary/aromatic N) is 1. The first-order chi connectivity index (χ1) is 9.24. The molecule has 2 unspecified atom stereocenters. The first-order valence-electron chi connectivity index (χ1n) is 6.00. The second-order valence-corrected chi connectivity index (χ2v) is 4.39. The molecule has 0 aliphatic carbocycles. The highest BCUT2D eigenvalue weighted by Gasteiger charge is 2.29. The third kappa shape index (κ3) is 3.12. The summed E-state index contributed by atoms with van der Waals surface area (Å²) in [5, 5.41) is 11.1. The summed E-state index contributed by atoms with van der Waals surface area (Å²) in [6, 6.07) is 4.78. The van der Waals surface area contributed by atoms with Crippen molar-refractivity contribution in [1.82, 2.24) is 0 Å². The number of para-hydroxylation sites is 1. The molecule has 0 aromatic heterocycles. The Hall–Kier alpha value is -1.86. The quantitative estimate of drug-likeness (QED) is 0.418. The van der Waals surface area contributed by atoms with Gasteiger partial charge in [-0.15, -0.1) is 0 Å². The Kier molecular flexibility index (Phi) is 3.22. The van der Waals surface area contributed by atoms with Crippen molar-refractivity contribution >= 4 is 5.69 Å². The lowest BCUT2D eigenvalue weighted by Gasteiger charge is -2.09. The van der Waals surface area contributed by atoms with Crippen LogP contribution in [-0.4, -0.2) is 43.6 Å². The molecule has 2 aliphatic rings. The molecule has 2 fully saturated rings. The van der Waals surface area contributed by atoms with Crippen molar-refractivity contribution in [3.63, 3.8) is 0 Å². The predicted octanol–water partition coefficient (Wildman–Crippen LogP) is 1.15. The lowest BCUT2D eigenvalue weighted by atomic mass is 10.2. The third-order valence-electron chi connectivity index (χ3n) is 2.80. The van der Waals surface area contributed by atoms with Gasteiger partial charge in [0.25, 0.3) is 0 Å². The summed E-state index contributed by atoms with van der Waals surface area (Å²) >= 11 is 0. The fraction of sp³-hybridized carbons (Fsp3) is 0.500. The van der Waals surface area contributed by atoms with Crippen molar-refractivity contribution in [2.24, 2.45) is 0 Å². The third-order valence-corrected chi connectivity index (χ3v) is 2.80. The smallest absolute Gasteiger partial charge is 0.352 e. The van der Waals surface area contributed by atoms with Gasteiger partial charge in [-0.2, -0.15) is 0 Å². The van der Waals surface area contributed by atoms with Crippen LogP contribution in [0.15, 0.2) is 18.2 Å². The van der Waals surface area contributed by atoms with Crippen molar-refractivity contribution < 1.29 is 23.9 Å². The van der Waals surface area contributed by atoms with E-state index in [1.807, 2.05) is 0 Å². The zero-order valence-corrected chi connectivity index (χ0v) is 10.1. The van der Waals surface area contributed by atoms with E-state index >= 15 is 0 Å². The van der Waals surface area contributed by atoms with Crippen molar-refractivity contribution in [2.45, 2.75) is 12.2 Å². The SMILES string of the molecule is O=[N+]([O-])c1c(OCC2CO2)cccc1OCC1CO1. The molecular formula is C12H13NO6. The molecule has 7 heteroatoms. The second-order valence-electron chi connectivity index (χ2n) is 4.39. The van der Waals surface area contributed by atoms with Crippen LogP contribution in [0.4, 0.5) is 5.69 Å². The molecule has 1 aromatic rings. The normalized spacial score (nSPS) is 23.8. The van der Waals surface area contributed by atoms with Gasteiger partial charge in [-0.1, -0.05) is 6.07 Å². The molecule has 0 saturated carbocycles. The Labute approximate surface area is 109 Å². The van der Waals surface area contributed by atoms with E-state index in [0.29, 0.717) is 26.4 Å². The Morgan fingerprint density at radius 3 is 2.00 bits per heavy atom. The molecule has 2 atom stereocenters. The molecule has 1 aromatic carbocycles. The van der Waals surface area contributed by atoms with E-state index in [2.05, 4.69) is 0 Å². The van der Waals surface area contributed by atoms with Crippen LogP contribution in [0, 0.1) is 10.1 Å². The summed E-state index contributed by atoms with van der Waals surface area (Å²) in [6.45, 7) is 1.91. The monoisotopic (exact) mass is 267 g/mol. The minimum atomic E-state index is -0.494. The lowest BCUT2D eigenvalue weighted by molar-refractivity contribution is -0.386. The molecule has 2 aliphatic heterocycles. The Bertz CT molecular complexity index is 449. The number of hydrogen-bond donors (Lipinski definition) is 0. The average molecular weight is 267 g/mol. The number of hydrogen-bond acceptors (Lipinski definition) is 6. The van der Waals surface area contributed by atoms with Crippen LogP contribution in [0.2, 0.25) is 0 Å². The van der Waals surface area contributed by atoms with E-state index < -0.39 is 4.92 Å². The van der Waals surface area contributed by atoms with Crippen LogP contribution in [0.25, 0.3) is 0 Å². The van der Waals surface area contributed by atoms with Crippen LogP contribution in [0.3, 0.4) is 0 Å². The molecule has 2 saturated heterocycles. The minimum Gasteiger partial charge on any atom is -0.484 e. The number of nitro benzene ring substituents is 1. The summed E-state index contributed by atoms with van der Waals surface area (Å²) < 4.78 is 20.8. The second kappa shape index (κ2) is 5.02. The summed E-state index contributed by atoms with van der Waals surface area (Å²) in [5.41, 5.74) is -0.149. The average Bonchev–Trinajstić information content (AvgIpc) is 3.27. The summed E-state index contributed by atoms with van der Waals surface area (Å²) in [5.74, 6) is 0.407. The fourth-order valence-electron chi connectivity index (χ4n) is 1.61. The van der Waals surface area contributed by atoms with E-state index in [0.717, 1.165) is 0 Å². The van der Waals surface area contributed by atoms with E-state index in [4.69, 9.17) is 18.9 Å². The number of ether oxygens (including phenoxy) is 4. The molecule has 7 nitrogen and oxygen atoms in total. The van der Waals surface area contributed by atoms with Crippen molar-refractivity contribution in [2.75, 3.05) is 26.4 Å². The van der Waals surface area contributed by atoms with Gasteiger partial charge in [0.05, 0.1) is 18.1 Å². The van der Waals surface area contributed by atoms with E-state index in [9.17, 15) is 10.1 Å². The maximum absolute atomic E-state index is 11.1. The highest BCUT2D eigenvalue weighted by Crippen LogP contribution is 2.37. The summed E-state index contributed by atoms with van der Waals surface area (Å²) in [6.07, 6.45) is 0.0908. The van der Waals surface area contributed by atoms with Gasteiger partial charge < -0.3 is 18.9 Å². The first kappa shape index (κ1) is 12.2. The molecule has 0 N–H and O–H groups in total. The molecular weight excluding hydrogens is 254 g/mol. The van der Waals surface area contributed by atoms with Crippen molar-refractivity contribution in [3.05, 3.63) is 28.3 Å². The van der Waals surface area contributed by atoms with Crippen molar-refractivity contribution in [3.8, 4) is 11.5 Å². The number of benzene rings is 1. The molecule has 19 heavy (non-hydrogen) atoms. The highest BCUT2D eigenvalue weighted by molar-refractivity contribution is 5.57. The minimum absolute atomic E-state index is 0.0454. The van der Waals surface area contributed by atoms with Crippen LogP contribution < -0.4 is 9.47 Å². The van der Waals surface area contributed by atoms with Gasteiger partial charge >= 0.3 is 5.69 Å². The maximum atomic E-state index is 11.1. The maximum Gasteiger partial charge on any atom is 0.352 e. The molecule has 0 radical (unpaired) electrons. The van der Waals surface area contributed by atoms with Gasteiger partial charge in [-0.3, -0.25) is 10.1 Å². The van der Waals surface area contributed by atoms with Gasteiger partial charge in [0.15, 0.2) is 0 Å². The molecule has 102 valence electrons. The largest absolute Gasteiger partial charge is 0.484 e. The summed E-state index contributed by atoms with van der Waals surface area (Å²) in [7, 11) is 0. The van der Waals surface area contributed by atoms with Gasteiger partial charge in [-0.25, -0.2) is 0 Å². The molecule has 3 rings (SSSR count). The van der Waals surface area contributed by atoms with Gasteiger partial charge in [-0.05, 0) is 12.1 Å². The number of rotatable bonds is 7. The molecule has 0 amide bonds. The van der Waals surface area contributed by atoms with Crippen LogP contribution >= 0.6 is 0 Å². The zero-order chi connectivity index (χ0) is 13.2. The van der Waals surface area contributed by atoms with Crippen LogP contribution in [0.5, 0.6) is 11.5 Å². The van der Waals surface area contributed by atoms with Gasteiger partial charge in [0.1, 0.15) is 25.4 Å². The number of nitro groups is 1. The Morgan fingerprint density at radius 1 is 1.16 bits per heavy atom. The van der Waals surface area contributed by atoms with Crippen LogP contribution in [-0.2, 0) is 9.47 Å². The lowest BCUT2D eigenvalue weighted by Crippen LogP contribution is -2.09. The first-order valence-corrected chi connectivity index (χ1v) is 6.00. The zero-order valence-electron chi connectivity index (χ0n) is 10.1. The topological polar surface area (TPSA) is 86.7 Å². The van der Waals surface area contributed by atoms with Gasteiger partial charge in [0, 0.05) is 0 Å². The van der Waals surface area contributed by atoms with E-state index in [1.54, 1.807) is 18.2 Å². The molecule has 0 spiro atoms. The standard InChI is InChI=1S/C12H13NO6/c14-13(15)12-10(18-6-8-4-16-8)2-1-3-11(12)19-7-9-5-17-9/h1-3,8-9H,4-7H2. The van der Waals surface area contributed by atoms with E-state index in [1.165, 1.54) is 0 Å². The molecule has 0 bridgehead atoms. The predicted molar refractivity (Wildman–Crippen MR) is 63.6 cm³/mol. The Morgan fingerprint density at radius 2 is 1.63 bits per heavy atom. The number of epoxide rings is 2. The highest BCUT2D eigenvalue weighted by atomic mass is 16.6. The summed E-state index contributed by atoms with van der Waals surface area (Å²) in [4.78, 5) is 10.7. The molecule has 2 heterocycles. The Balaban J connectivity index is 1.75. The van der Waals surface area contributed by atoms with E-state index in [-0.39, 0.29) is 29.4 Å². The van der Waals surface area contributed by atoms with Gasteiger partial charge in [0.2, 0.25) is 11.5 Å². The van der Waals surface area contributed by atoms with Crippen molar-refractivity contribution in [1.29, 1.82) is 0 Å².